The van der Waals surface area contributed by atoms with E-state index in [1.54, 1.807) is 0 Å². The first-order valence-electron chi connectivity index (χ1n) is 4.27. The van der Waals surface area contributed by atoms with Crippen molar-refractivity contribution < 1.29 is 4.74 Å². The maximum absolute atomic E-state index is 5.09. The zero-order chi connectivity index (χ0) is 7.84. The van der Waals surface area contributed by atoms with Crippen LogP contribution in [-0.2, 0) is 4.74 Å². The van der Waals surface area contributed by atoms with Crippen molar-refractivity contribution in [2.24, 2.45) is 11.8 Å². The van der Waals surface area contributed by atoms with Gasteiger partial charge in [-0.05, 0) is 11.8 Å². The van der Waals surface area contributed by atoms with Gasteiger partial charge >= 0.3 is 0 Å². The molecule has 11 heavy (non-hydrogen) atoms. The first-order chi connectivity index (χ1) is 5.33. The molecule has 0 bridgehead atoms. The average molecular weight is 217 g/mol. The molecular formula is C9H13BrO. The molecular weight excluding hydrogens is 204 g/mol. The van der Waals surface area contributed by atoms with Gasteiger partial charge in [0.05, 0.1) is 12.7 Å². The molecule has 4 unspecified atom stereocenters. The van der Waals surface area contributed by atoms with Crippen molar-refractivity contribution in [3.8, 4) is 0 Å². The molecule has 0 aromatic carbocycles. The molecule has 2 aliphatic rings. The molecule has 1 saturated heterocycles. The first kappa shape index (κ1) is 7.81. The molecule has 1 aliphatic carbocycles. The minimum Gasteiger partial charge on any atom is -0.369 e. The molecule has 1 nitrogen and oxygen atoms in total. The number of hydrogen-bond donors (Lipinski definition) is 0. The molecule has 1 heterocycles. The second-order valence-corrected chi connectivity index (χ2v) is 4.41. The van der Waals surface area contributed by atoms with Gasteiger partial charge in [0.25, 0.3) is 0 Å². The maximum atomic E-state index is 5.09. The average Bonchev–Trinajstić information content (AvgIpc) is 2.83. The molecule has 0 N–H and O–H groups in total. The molecule has 2 fully saturated rings. The second kappa shape index (κ2) is 2.91. The number of ether oxygens (including phenoxy) is 1. The third-order valence-corrected chi connectivity index (χ3v) is 3.80. The number of allylic oxidation sites excluding steroid dienone is 1. The van der Waals surface area contributed by atoms with E-state index >= 15 is 0 Å². The summed E-state index contributed by atoms with van der Waals surface area (Å²) in [6.07, 6.45) is 6.25. The number of hydrogen-bond acceptors (Lipinski definition) is 1. The van der Waals surface area contributed by atoms with Crippen LogP contribution in [0.15, 0.2) is 12.2 Å². The van der Waals surface area contributed by atoms with Crippen LogP contribution >= 0.6 is 15.9 Å². The van der Waals surface area contributed by atoms with Crippen LogP contribution in [0, 0.1) is 11.8 Å². The van der Waals surface area contributed by atoms with Gasteiger partial charge in [-0.3, -0.25) is 0 Å². The van der Waals surface area contributed by atoms with Gasteiger partial charge in [0.2, 0.25) is 0 Å². The lowest BCUT2D eigenvalue weighted by Crippen LogP contribution is -1.78. The number of alkyl halides is 1. The summed E-state index contributed by atoms with van der Waals surface area (Å²) in [4.78, 5) is 0.738. The molecule has 0 aromatic rings. The highest BCUT2D eigenvalue weighted by Gasteiger charge is 2.45. The molecule has 0 aromatic heterocycles. The van der Waals surface area contributed by atoms with Crippen LogP contribution in [-0.4, -0.2) is 17.5 Å². The van der Waals surface area contributed by atoms with E-state index in [2.05, 4.69) is 35.0 Å². The van der Waals surface area contributed by atoms with E-state index in [0.717, 1.165) is 23.3 Å². The van der Waals surface area contributed by atoms with Crippen molar-refractivity contribution in [3.05, 3.63) is 12.2 Å². The molecule has 4 atom stereocenters. The fourth-order valence-corrected chi connectivity index (χ4v) is 2.64. The van der Waals surface area contributed by atoms with Gasteiger partial charge in [-0.2, -0.15) is 0 Å². The monoisotopic (exact) mass is 216 g/mol. The summed E-state index contributed by atoms with van der Waals surface area (Å²) in [7, 11) is 0. The van der Waals surface area contributed by atoms with Gasteiger partial charge in [-0.15, -0.1) is 0 Å². The first-order valence-corrected chi connectivity index (χ1v) is 5.18. The van der Waals surface area contributed by atoms with Crippen LogP contribution < -0.4 is 0 Å². The molecule has 1 saturated carbocycles. The summed E-state index contributed by atoms with van der Waals surface area (Å²) in [5.74, 6) is 1.66. The minimum absolute atomic E-state index is 0.452. The van der Waals surface area contributed by atoms with Crippen LogP contribution in [0.2, 0.25) is 0 Å². The van der Waals surface area contributed by atoms with Crippen molar-refractivity contribution in [2.75, 3.05) is 6.61 Å². The smallest absolute Gasteiger partial charge is 0.0991 e. The molecule has 62 valence electrons. The van der Waals surface area contributed by atoms with Crippen LogP contribution in [0.25, 0.3) is 0 Å². The zero-order valence-corrected chi connectivity index (χ0v) is 8.25. The van der Waals surface area contributed by atoms with Crippen molar-refractivity contribution in [3.63, 3.8) is 0 Å². The Morgan fingerprint density at radius 2 is 2.27 bits per heavy atom. The highest BCUT2D eigenvalue weighted by molar-refractivity contribution is 9.09. The Morgan fingerprint density at radius 3 is 2.73 bits per heavy atom. The third kappa shape index (κ3) is 1.67. The minimum atomic E-state index is 0.452. The predicted octanol–water partition coefficient (Wildman–Crippen LogP) is 2.36. The van der Waals surface area contributed by atoms with Gasteiger partial charge in [0, 0.05) is 4.83 Å². The number of halogens is 1. The SMILES string of the molecule is CCC1C(Br)C1/C=C/C1CO1. The van der Waals surface area contributed by atoms with Crippen molar-refractivity contribution in [2.45, 2.75) is 24.3 Å². The van der Waals surface area contributed by atoms with E-state index in [1.807, 2.05) is 0 Å². The topological polar surface area (TPSA) is 12.5 Å². The van der Waals surface area contributed by atoms with Gasteiger partial charge < -0.3 is 4.74 Å². The highest BCUT2D eigenvalue weighted by Crippen LogP contribution is 2.48. The summed E-state index contributed by atoms with van der Waals surface area (Å²) in [5.41, 5.74) is 0. The van der Waals surface area contributed by atoms with E-state index < -0.39 is 0 Å². The Kier molecular flexibility index (Phi) is 2.06. The molecule has 0 amide bonds. The summed E-state index contributed by atoms with van der Waals surface area (Å²) >= 11 is 3.65. The van der Waals surface area contributed by atoms with Crippen LogP contribution in [0.4, 0.5) is 0 Å². The standard InChI is InChI=1S/C9H13BrO/c1-2-7-8(9(7)10)4-3-6-5-11-6/h3-4,6-9H,2,5H2,1H3/b4-3+. The molecule has 2 rings (SSSR count). The van der Waals surface area contributed by atoms with E-state index in [-0.39, 0.29) is 0 Å². The molecule has 0 radical (unpaired) electrons. The summed E-state index contributed by atoms with van der Waals surface area (Å²) in [6.45, 7) is 3.19. The number of rotatable bonds is 3. The molecule has 1 aliphatic heterocycles. The van der Waals surface area contributed by atoms with Crippen LogP contribution in [0.5, 0.6) is 0 Å². The maximum Gasteiger partial charge on any atom is 0.0991 e. The fraction of sp³-hybridized carbons (Fsp3) is 0.778. The quantitative estimate of drug-likeness (QED) is 0.401. The van der Waals surface area contributed by atoms with Gasteiger partial charge in [0.15, 0.2) is 0 Å². The van der Waals surface area contributed by atoms with Gasteiger partial charge in [-0.25, -0.2) is 0 Å². The number of epoxide rings is 1. The largest absolute Gasteiger partial charge is 0.369 e. The third-order valence-electron chi connectivity index (χ3n) is 2.51. The lowest BCUT2D eigenvalue weighted by atomic mass is 10.2. The van der Waals surface area contributed by atoms with Crippen molar-refractivity contribution in [1.82, 2.24) is 0 Å². The Hall–Kier alpha value is 0.180. The summed E-state index contributed by atoms with van der Waals surface area (Å²) in [5, 5.41) is 0. The van der Waals surface area contributed by atoms with E-state index in [1.165, 1.54) is 6.42 Å². The van der Waals surface area contributed by atoms with Crippen molar-refractivity contribution >= 4 is 15.9 Å². The van der Waals surface area contributed by atoms with Crippen LogP contribution in [0.1, 0.15) is 13.3 Å². The molecule has 2 heteroatoms. The lowest BCUT2D eigenvalue weighted by molar-refractivity contribution is 0.439. The van der Waals surface area contributed by atoms with Crippen LogP contribution in [0.3, 0.4) is 0 Å². The highest BCUT2D eigenvalue weighted by atomic mass is 79.9. The summed E-state index contributed by atoms with van der Waals surface area (Å²) < 4.78 is 5.09. The van der Waals surface area contributed by atoms with E-state index in [4.69, 9.17) is 4.74 Å². The zero-order valence-electron chi connectivity index (χ0n) is 6.66. The van der Waals surface area contributed by atoms with E-state index in [0.29, 0.717) is 6.10 Å². The normalized spacial score (nSPS) is 48.2. The molecule has 0 spiro atoms. The van der Waals surface area contributed by atoms with Gasteiger partial charge in [-0.1, -0.05) is 41.4 Å². The Balaban J connectivity index is 1.79. The van der Waals surface area contributed by atoms with Crippen molar-refractivity contribution in [1.29, 1.82) is 0 Å². The Morgan fingerprint density at radius 1 is 1.55 bits per heavy atom. The lowest BCUT2D eigenvalue weighted by Gasteiger charge is -1.83. The second-order valence-electron chi connectivity index (χ2n) is 3.35. The summed E-state index contributed by atoms with van der Waals surface area (Å²) in [6, 6.07) is 0. The fourth-order valence-electron chi connectivity index (χ4n) is 1.52. The Labute approximate surface area is 75.9 Å². The Bertz CT molecular complexity index is 174. The predicted molar refractivity (Wildman–Crippen MR) is 48.9 cm³/mol. The van der Waals surface area contributed by atoms with E-state index in [9.17, 15) is 0 Å². The van der Waals surface area contributed by atoms with Gasteiger partial charge in [0.1, 0.15) is 0 Å².